The number of methoxy groups -OCH3 is 1. The summed E-state index contributed by atoms with van der Waals surface area (Å²) in [5, 5.41) is 15.5. The van der Waals surface area contributed by atoms with Gasteiger partial charge in [0.2, 0.25) is 5.95 Å². The van der Waals surface area contributed by atoms with Crippen molar-refractivity contribution in [1.82, 2.24) is 19.9 Å². The van der Waals surface area contributed by atoms with Gasteiger partial charge in [0.15, 0.2) is 11.6 Å². The lowest BCUT2D eigenvalue weighted by Gasteiger charge is -2.28. The van der Waals surface area contributed by atoms with Crippen LogP contribution in [0.15, 0.2) is 30.6 Å². The average Bonchev–Trinajstić information content (AvgIpc) is 2.81. The van der Waals surface area contributed by atoms with Crippen LogP contribution in [0.5, 0.6) is 5.75 Å². The number of hydrogen-bond donors (Lipinski definition) is 3. The molecular formula is C20H25N7O3S. The number of aliphatic hydroxyl groups is 1. The van der Waals surface area contributed by atoms with E-state index in [9.17, 15) is 9.32 Å². The maximum atomic E-state index is 11.8. The average molecular weight is 444 g/mol. The maximum Gasteiger partial charge on any atom is 0.225 e. The Morgan fingerprint density at radius 1 is 1.10 bits per heavy atom. The van der Waals surface area contributed by atoms with Gasteiger partial charge in [-0.2, -0.15) is 4.98 Å². The fraction of sp³-hybridized carbons (Fsp3) is 0.400. The van der Waals surface area contributed by atoms with E-state index in [0.717, 1.165) is 11.3 Å². The van der Waals surface area contributed by atoms with Gasteiger partial charge in [0.25, 0.3) is 0 Å². The van der Waals surface area contributed by atoms with E-state index in [1.165, 1.54) is 6.33 Å². The second-order valence-corrected chi connectivity index (χ2v) is 8.67. The van der Waals surface area contributed by atoms with Gasteiger partial charge in [-0.05, 0) is 17.7 Å². The van der Waals surface area contributed by atoms with E-state index >= 15 is 0 Å². The molecule has 0 amide bonds. The van der Waals surface area contributed by atoms with Gasteiger partial charge in [0.05, 0.1) is 13.7 Å². The van der Waals surface area contributed by atoms with Gasteiger partial charge in [0, 0.05) is 48.5 Å². The van der Waals surface area contributed by atoms with Crippen molar-refractivity contribution in [2.24, 2.45) is 0 Å². The molecule has 0 radical (unpaired) electrons. The number of benzene rings is 1. The summed E-state index contributed by atoms with van der Waals surface area (Å²) in [5.41, 5.74) is 2.29. The molecule has 3 N–H and O–H groups in total. The third-order valence-corrected chi connectivity index (χ3v) is 6.23. The molecular weight excluding hydrogens is 418 g/mol. The van der Waals surface area contributed by atoms with Gasteiger partial charge in [-0.15, -0.1) is 0 Å². The molecule has 1 aromatic carbocycles. The van der Waals surface area contributed by atoms with Gasteiger partial charge >= 0.3 is 0 Å². The first-order chi connectivity index (χ1) is 15.2. The highest BCUT2D eigenvalue weighted by Gasteiger charge is 2.22. The smallest absolute Gasteiger partial charge is 0.225 e. The van der Waals surface area contributed by atoms with Crippen molar-refractivity contribution in [3.8, 4) is 5.75 Å². The SMILES string of the molecule is COc1ccc(CNc2ncnc3c(N4CCS(=O)CC4)nc(NCCO)nc23)cc1. The predicted octanol–water partition coefficient (Wildman–Crippen LogP) is 1.01. The summed E-state index contributed by atoms with van der Waals surface area (Å²) in [6.45, 7) is 2.12. The Morgan fingerprint density at radius 2 is 1.87 bits per heavy atom. The maximum absolute atomic E-state index is 11.8. The van der Waals surface area contributed by atoms with Crippen LogP contribution in [0.4, 0.5) is 17.6 Å². The van der Waals surface area contributed by atoms with E-state index in [2.05, 4.69) is 35.5 Å². The molecule has 1 aliphatic rings. The molecule has 0 unspecified atom stereocenters. The Balaban J connectivity index is 1.66. The number of ether oxygens (including phenoxy) is 1. The van der Waals surface area contributed by atoms with Gasteiger partial charge in [-0.1, -0.05) is 12.1 Å². The molecule has 164 valence electrons. The number of fused-ring (bicyclic) bond motifs is 1. The second-order valence-electron chi connectivity index (χ2n) is 6.98. The highest BCUT2D eigenvalue weighted by Crippen LogP contribution is 2.28. The Hall–Kier alpha value is -3.05. The zero-order chi connectivity index (χ0) is 21.6. The van der Waals surface area contributed by atoms with Crippen LogP contribution in [0.25, 0.3) is 11.0 Å². The van der Waals surface area contributed by atoms with Crippen molar-refractivity contribution in [2.45, 2.75) is 6.54 Å². The third-order valence-electron chi connectivity index (χ3n) is 4.95. The van der Waals surface area contributed by atoms with Crippen LogP contribution in [0.3, 0.4) is 0 Å². The number of nitrogens with one attached hydrogen (secondary N) is 2. The van der Waals surface area contributed by atoms with Crippen LogP contribution in [0.1, 0.15) is 5.56 Å². The van der Waals surface area contributed by atoms with E-state index in [0.29, 0.717) is 66.3 Å². The molecule has 1 aliphatic heterocycles. The molecule has 0 atom stereocenters. The molecule has 0 saturated carbocycles. The quantitative estimate of drug-likeness (QED) is 0.464. The normalized spacial score (nSPS) is 14.6. The lowest BCUT2D eigenvalue weighted by Crippen LogP contribution is -2.38. The van der Waals surface area contributed by atoms with Crippen molar-refractivity contribution in [1.29, 1.82) is 0 Å². The highest BCUT2D eigenvalue weighted by atomic mass is 32.2. The molecule has 31 heavy (non-hydrogen) atoms. The topological polar surface area (TPSA) is 125 Å². The Kier molecular flexibility index (Phi) is 6.73. The van der Waals surface area contributed by atoms with Gasteiger partial charge < -0.3 is 25.4 Å². The first kappa shape index (κ1) is 21.2. The molecule has 2 aromatic heterocycles. The molecule has 0 aliphatic carbocycles. The number of anilines is 3. The lowest BCUT2D eigenvalue weighted by atomic mass is 10.2. The van der Waals surface area contributed by atoms with Crippen LogP contribution < -0.4 is 20.3 Å². The van der Waals surface area contributed by atoms with E-state index in [-0.39, 0.29) is 6.61 Å². The largest absolute Gasteiger partial charge is 0.497 e. The summed E-state index contributed by atoms with van der Waals surface area (Å²) in [6.07, 6.45) is 1.49. The first-order valence-corrected chi connectivity index (χ1v) is 11.5. The molecule has 3 aromatic rings. The fourth-order valence-electron chi connectivity index (χ4n) is 3.31. The number of nitrogens with zero attached hydrogens (tertiary/aromatic N) is 5. The fourth-order valence-corrected chi connectivity index (χ4v) is 4.36. The predicted molar refractivity (Wildman–Crippen MR) is 121 cm³/mol. The lowest BCUT2D eigenvalue weighted by molar-refractivity contribution is 0.311. The van der Waals surface area contributed by atoms with Crippen molar-refractivity contribution < 1.29 is 14.1 Å². The van der Waals surface area contributed by atoms with Gasteiger partial charge in [-0.3, -0.25) is 4.21 Å². The summed E-state index contributed by atoms with van der Waals surface area (Å²) >= 11 is 0. The summed E-state index contributed by atoms with van der Waals surface area (Å²) < 4.78 is 17.0. The number of aliphatic hydroxyl groups excluding tert-OH is 1. The molecule has 10 nitrogen and oxygen atoms in total. The zero-order valence-electron chi connectivity index (χ0n) is 17.2. The van der Waals surface area contributed by atoms with E-state index < -0.39 is 10.8 Å². The van der Waals surface area contributed by atoms with Gasteiger partial charge in [-0.25, -0.2) is 15.0 Å². The van der Waals surface area contributed by atoms with E-state index in [1.807, 2.05) is 24.3 Å². The third kappa shape index (κ3) is 5.00. The molecule has 11 heteroatoms. The zero-order valence-corrected chi connectivity index (χ0v) is 18.1. The summed E-state index contributed by atoms with van der Waals surface area (Å²) in [5.74, 6) is 3.66. The Bertz CT molecular complexity index is 1050. The van der Waals surface area contributed by atoms with Crippen molar-refractivity contribution in [2.75, 3.05) is 60.4 Å². The van der Waals surface area contributed by atoms with Crippen molar-refractivity contribution in [3.05, 3.63) is 36.2 Å². The molecule has 0 bridgehead atoms. The minimum atomic E-state index is -0.798. The highest BCUT2D eigenvalue weighted by molar-refractivity contribution is 7.85. The summed E-state index contributed by atoms with van der Waals surface area (Å²) in [4.78, 5) is 20.1. The molecule has 3 heterocycles. The monoisotopic (exact) mass is 443 g/mol. The second kappa shape index (κ2) is 9.84. The van der Waals surface area contributed by atoms with Crippen LogP contribution >= 0.6 is 0 Å². The standard InChI is InChI=1S/C20H25N7O3S/c1-30-15-4-2-14(3-5-15)12-22-18-16-17(23-13-24-18)19(26-20(25-16)21-6-9-28)27-7-10-31(29)11-8-27/h2-5,13,28H,6-12H2,1H3,(H,21,25,26)(H,22,23,24). The minimum absolute atomic E-state index is 0.0344. The van der Waals surface area contributed by atoms with Gasteiger partial charge in [0.1, 0.15) is 23.1 Å². The minimum Gasteiger partial charge on any atom is -0.497 e. The Morgan fingerprint density at radius 3 is 2.58 bits per heavy atom. The number of hydrogen-bond acceptors (Lipinski definition) is 10. The molecule has 0 spiro atoms. The Labute approximate surface area is 182 Å². The van der Waals surface area contributed by atoms with Crippen LogP contribution in [0, 0.1) is 0 Å². The van der Waals surface area contributed by atoms with Crippen LogP contribution in [-0.4, -0.2) is 74.1 Å². The molecule has 1 saturated heterocycles. The first-order valence-electron chi connectivity index (χ1n) is 10.0. The number of rotatable bonds is 8. The molecule has 4 rings (SSSR count). The van der Waals surface area contributed by atoms with Crippen molar-refractivity contribution in [3.63, 3.8) is 0 Å². The molecule has 1 fully saturated rings. The van der Waals surface area contributed by atoms with Crippen LogP contribution in [-0.2, 0) is 17.3 Å². The van der Waals surface area contributed by atoms with Crippen molar-refractivity contribution >= 4 is 39.4 Å². The summed E-state index contributed by atoms with van der Waals surface area (Å²) in [6, 6.07) is 7.79. The summed E-state index contributed by atoms with van der Waals surface area (Å²) in [7, 11) is 0.841. The van der Waals surface area contributed by atoms with E-state index in [1.54, 1.807) is 7.11 Å². The van der Waals surface area contributed by atoms with Crippen LogP contribution in [0.2, 0.25) is 0 Å². The van der Waals surface area contributed by atoms with E-state index in [4.69, 9.17) is 4.74 Å². The number of aromatic nitrogens is 4.